The number of amides is 1. The molecular weight excluding hydrogens is 276 g/mol. The summed E-state index contributed by atoms with van der Waals surface area (Å²) in [5.41, 5.74) is 5.76. The Balaban J connectivity index is 1.92. The number of nitrogens with zero attached hydrogens (tertiary/aromatic N) is 1. The molecule has 3 nitrogen and oxygen atoms in total. The molecule has 2 heterocycles. The quantitative estimate of drug-likeness (QED) is 0.899. The number of thiophene rings is 1. The van der Waals surface area contributed by atoms with Crippen molar-refractivity contribution in [2.45, 2.75) is 18.9 Å². The van der Waals surface area contributed by atoms with Gasteiger partial charge in [-0.25, -0.2) is 0 Å². The molecular formula is C10H13BrN2OS. The second-order valence-electron chi connectivity index (χ2n) is 3.77. The zero-order valence-corrected chi connectivity index (χ0v) is 10.7. The molecule has 0 aromatic carbocycles. The van der Waals surface area contributed by atoms with Crippen LogP contribution in [-0.4, -0.2) is 29.9 Å². The summed E-state index contributed by atoms with van der Waals surface area (Å²) in [6, 6.07) is 4.13. The highest BCUT2D eigenvalue weighted by atomic mass is 79.9. The molecule has 2 N–H and O–H groups in total. The van der Waals surface area contributed by atoms with E-state index in [1.54, 1.807) is 11.3 Å². The van der Waals surface area contributed by atoms with Crippen molar-refractivity contribution < 1.29 is 4.79 Å². The first-order valence-electron chi connectivity index (χ1n) is 4.93. The van der Waals surface area contributed by atoms with E-state index in [0.29, 0.717) is 13.0 Å². The van der Waals surface area contributed by atoms with Crippen LogP contribution in [0.5, 0.6) is 0 Å². The maximum absolute atomic E-state index is 11.8. The normalized spacial score (nSPS) is 20.9. The average Bonchev–Trinajstić information content (AvgIpc) is 2.75. The first-order chi connectivity index (χ1) is 7.15. The Kier molecular flexibility index (Phi) is 3.43. The van der Waals surface area contributed by atoms with Gasteiger partial charge in [-0.05, 0) is 34.5 Å². The number of likely N-dealkylation sites (tertiary alicyclic amines) is 1. The number of hydrogen-bond acceptors (Lipinski definition) is 3. The predicted molar refractivity (Wildman–Crippen MR) is 64.9 cm³/mol. The molecule has 1 fully saturated rings. The lowest BCUT2D eigenvalue weighted by Gasteiger charge is -2.14. The fourth-order valence-electron chi connectivity index (χ4n) is 1.72. The maximum Gasteiger partial charge on any atom is 0.227 e. The van der Waals surface area contributed by atoms with Crippen LogP contribution in [0.2, 0.25) is 0 Å². The zero-order chi connectivity index (χ0) is 10.8. The van der Waals surface area contributed by atoms with Crippen LogP contribution < -0.4 is 5.73 Å². The monoisotopic (exact) mass is 288 g/mol. The predicted octanol–water partition coefficient (Wildman–Crippen LogP) is 1.61. The second kappa shape index (κ2) is 4.63. The van der Waals surface area contributed by atoms with Gasteiger partial charge in [-0.15, -0.1) is 11.3 Å². The fourth-order valence-corrected chi connectivity index (χ4v) is 3.20. The Bertz CT molecular complexity index is 366. The van der Waals surface area contributed by atoms with Gasteiger partial charge in [0.2, 0.25) is 5.91 Å². The van der Waals surface area contributed by atoms with Gasteiger partial charge in [0.15, 0.2) is 0 Å². The van der Waals surface area contributed by atoms with Crippen LogP contribution in [0.1, 0.15) is 11.3 Å². The Morgan fingerprint density at radius 1 is 1.67 bits per heavy atom. The van der Waals surface area contributed by atoms with Gasteiger partial charge in [0.05, 0.1) is 10.2 Å². The minimum Gasteiger partial charge on any atom is -0.341 e. The molecule has 1 atom stereocenters. The van der Waals surface area contributed by atoms with Crippen LogP contribution in [0, 0.1) is 0 Å². The van der Waals surface area contributed by atoms with E-state index >= 15 is 0 Å². The van der Waals surface area contributed by atoms with Crippen LogP contribution in [-0.2, 0) is 11.2 Å². The van der Waals surface area contributed by atoms with E-state index in [1.807, 2.05) is 17.0 Å². The Morgan fingerprint density at radius 3 is 3.00 bits per heavy atom. The minimum absolute atomic E-state index is 0.170. The van der Waals surface area contributed by atoms with Gasteiger partial charge < -0.3 is 10.6 Å². The van der Waals surface area contributed by atoms with Crippen molar-refractivity contribution in [3.63, 3.8) is 0 Å². The number of rotatable bonds is 2. The van der Waals surface area contributed by atoms with E-state index in [0.717, 1.165) is 21.6 Å². The highest BCUT2D eigenvalue weighted by Gasteiger charge is 2.23. The van der Waals surface area contributed by atoms with Crippen LogP contribution >= 0.6 is 27.3 Å². The fraction of sp³-hybridized carbons (Fsp3) is 0.500. The van der Waals surface area contributed by atoms with E-state index in [1.165, 1.54) is 0 Å². The van der Waals surface area contributed by atoms with Crippen molar-refractivity contribution in [1.29, 1.82) is 0 Å². The van der Waals surface area contributed by atoms with Crippen molar-refractivity contribution in [1.82, 2.24) is 4.90 Å². The third-order valence-corrected chi connectivity index (χ3v) is 4.16. The van der Waals surface area contributed by atoms with E-state index in [-0.39, 0.29) is 11.9 Å². The van der Waals surface area contributed by atoms with Gasteiger partial charge in [0, 0.05) is 24.0 Å². The molecule has 0 bridgehead atoms. The first kappa shape index (κ1) is 11.1. The molecule has 0 radical (unpaired) electrons. The van der Waals surface area contributed by atoms with E-state index in [4.69, 9.17) is 5.73 Å². The molecule has 1 aromatic heterocycles. The van der Waals surface area contributed by atoms with E-state index in [2.05, 4.69) is 15.9 Å². The lowest BCUT2D eigenvalue weighted by molar-refractivity contribution is -0.129. The van der Waals surface area contributed by atoms with Crippen LogP contribution in [0.15, 0.2) is 15.9 Å². The molecule has 1 aromatic rings. The van der Waals surface area contributed by atoms with Crippen LogP contribution in [0.4, 0.5) is 0 Å². The van der Waals surface area contributed by atoms with Crippen molar-refractivity contribution in [2.75, 3.05) is 13.1 Å². The number of carbonyl (C=O) groups is 1. The summed E-state index contributed by atoms with van der Waals surface area (Å²) < 4.78 is 1.07. The minimum atomic E-state index is 0.170. The standard InChI is InChI=1S/C10H13BrN2OS/c11-9-2-1-8(15-9)5-10(14)13-4-3-7(12)6-13/h1-2,7H,3-6,12H2/t7-/m1/s1. The number of nitrogens with two attached hydrogens (primary N) is 1. The summed E-state index contributed by atoms with van der Waals surface area (Å²) in [6.45, 7) is 1.53. The highest BCUT2D eigenvalue weighted by Crippen LogP contribution is 2.23. The van der Waals surface area contributed by atoms with Gasteiger partial charge in [0.1, 0.15) is 0 Å². The molecule has 5 heteroatoms. The Morgan fingerprint density at radius 2 is 2.47 bits per heavy atom. The third kappa shape index (κ3) is 2.80. The molecule has 2 rings (SSSR count). The second-order valence-corrected chi connectivity index (χ2v) is 6.32. The lowest BCUT2D eigenvalue weighted by Crippen LogP contribution is -2.32. The Hall–Kier alpha value is -0.390. The molecule has 1 aliphatic heterocycles. The number of carbonyl (C=O) groups excluding carboxylic acids is 1. The molecule has 1 saturated heterocycles. The van der Waals surface area contributed by atoms with E-state index in [9.17, 15) is 4.79 Å². The van der Waals surface area contributed by atoms with Crippen LogP contribution in [0.3, 0.4) is 0 Å². The number of hydrogen-bond donors (Lipinski definition) is 1. The molecule has 82 valence electrons. The molecule has 0 spiro atoms. The molecule has 1 aliphatic rings. The van der Waals surface area contributed by atoms with Gasteiger partial charge in [-0.1, -0.05) is 0 Å². The molecule has 1 amide bonds. The van der Waals surface area contributed by atoms with Crippen LogP contribution in [0.25, 0.3) is 0 Å². The smallest absolute Gasteiger partial charge is 0.227 e. The maximum atomic E-state index is 11.8. The SMILES string of the molecule is N[C@@H]1CCN(C(=O)Cc2ccc(Br)s2)C1. The summed E-state index contributed by atoms with van der Waals surface area (Å²) in [4.78, 5) is 14.8. The zero-order valence-electron chi connectivity index (χ0n) is 8.28. The third-order valence-electron chi connectivity index (χ3n) is 2.53. The van der Waals surface area contributed by atoms with Gasteiger partial charge >= 0.3 is 0 Å². The average molecular weight is 289 g/mol. The highest BCUT2D eigenvalue weighted by molar-refractivity contribution is 9.11. The van der Waals surface area contributed by atoms with Crippen molar-refractivity contribution in [3.05, 3.63) is 20.8 Å². The topological polar surface area (TPSA) is 46.3 Å². The molecule has 15 heavy (non-hydrogen) atoms. The molecule has 0 unspecified atom stereocenters. The van der Waals surface area contributed by atoms with Crippen molar-refractivity contribution in [2.24, 2.45) is 5.73 Å². The van der Waals surface area contributed by atoms with Crippen molar-refractivity contribution >= 4 is 33.2 Å². The Labute approximate surface area is 101 Å². The largest absolute Gasteiger partial charge is 0.341 e. The molecule has 0 saturated carbocycles. The lowest BCUT2D eigenvalue weighted by atomic mass is 10.3. The van der Waals surface area contributed by atoms with Gasteiger partial charge in [-0.2, -0.15) is 0 Å². The van der Waals surface area contributed by atoms with Crippen molar-refractivity contribution in [3.8, 4) is 0 Å². The van der Waals surface area contributed by atoms with Gasteiger partial charge in [0.25, 0.3) is 0 Å². The van der Waals surface area contributed by atoms with E-state index < -0.39 is 0 Å². The number of halogens is 1. The van der Waals surface area contributed by atoms with Gasteiger partial charge in [-0.3, -0.25) is 4.79 Å². The molecule has 0 aliphatic carbocycles. The summed E-state index contributed by atoms with van der Waals surface area (Å²) in [7, 11) is 0. The summed E-state index contributed by atoms with van der Waals surface area (Å²) in [5.74, 6) is 0.192. The summed E-state index contributed by atoms with van der Waals surface area (Å²) in [6.07, 6.45) is 1.43. The first-order valence-corrected chi connectivity index (χ1v) is 6.53. The summed E-state index contributed by atoms with van der Waals surface area (Å²) >= 11 is 5.00. The summed E-state index contributed by atoms with van der Waals surface area (Å²) in [5, 5.41) is 0.